The Bertz CT molecular complexity index is 1110. The first-order valence-corrected chi connectivity index (χ1v) is 12.0. The van der Waals surface area contributed by atoms with Crippen molar-refractivity contribution >= 4 is 33.2 Å². The Hall–Kier alpha value is -3.11. The molecular formula is C22H25N3O6S. The van der Waals surface area contributed by atoms with Gasteiger partial charge in [-0.05, 0) is 43.2 Å². The van der Waals surface area contributed by atoms with E-state index in [1.165, 1.54) is 12.1 Å². The fourth-order valence-electron chi connectivity index (χ4n) is 3.18. The molecule has 1 saturated carbocycles. The fourth-order valence-corrected chi connectivity index (χ4v) is 4.23. The van der Waals surface area contributed by atoms with E-state index in [-0.39, 0.29) is 35.6 Å². The van der Waals surface area contributed by atoms with Crippen LogP contribution in [0.2, 0.25) is 0 Å². The quantitative estimate of drug-likeness (QED) is 0.557. The Morgan fingerprint density at radius 3 is 2.41 bits per heavy atom. The van der Waals surface area contributed by atoms with Crippen LogP contribution in [0.4, 0.5) is 11.4 Å². The minimum absolute atomic E-state index is 0.0161. The van der Waals surface area contributed by atoms with E-state index >= 15 is 0 Å². The molecule has 1 aliphatic carbocycles. The van der Waals surface area contributed by atoms with E-state index in [2.05, 4.69) is 15.4 Å². The molecule has 0 atom stereocenters. The lowest BCUT2D eigenvalue weighted by Gasteiger charge is -2.11. The molecule has 1 fully saturated rings. The van der Waals surface area contributed by atoms with E-state index in [4.69, 9.17) is 9.47 Å². The van der Waals surface area contributed by atoms with Gasteiger partial charge in [-0.25, -0.2) is 13.1 Å². The van der Waals surface area contributed by atoms with Gasteiger partial charge in [0.15, 0.2) is 11.5 Å². The average Bonchev–Trinajstić information content (AvgIpc) is 3.60. The highest BCUT2D eigenvalue weighted by atomic mass is 32.2. The molecule has 2 aromatic carbocycles. The average molecular weight is 460 g/mol. The summed E-state index contributed by atoms with van der Waals surface area (Å²) < 4.78 is 38.6. The fraction of sp³-hybridized carbons (Fsp3) is 0.364. The van der Waals surface area contributed by atoms with Crippen LogP contribution < -0.4 is 24.8 Å². The number of amides is 2. The number of ether oxygens (including phenoxy) is 2. The number of sulfonamides is 1. The lowest BCUT2D eigenvalue weighted by molar-refractivity contribution is -0.117. The number of benzene rings is 2. The summed E-state index contributed by atoms with van der Waals surface area (Å²) in [5.41, 5.74) is 1.13. The van der Waals surface area contributed by atoms with Crippen LogP contribution in [0.1, 0.15) is 25.7 Å². The molecule has 1 aliphatic heterocycles. The van der Waals surface area contributed by atoms with Crippen molar-refractivity contribution in [1.82, 2.24) is 4.72 Å². The van der Waals surface area contributed by atoms with Crippen molar-refractivity contribution in [3.8, 4) is 11.5 Å². The van der Waals surface area contributed by atoms with E-state index in [0.29, 0.717) is 36.1 Å². The van der Waals surface area contributed by atoms with Crippen molar-refractivity contribution in [1.29, 1.82) is 0 Å². The minimum Gasteiger partial charge on any atom is -0.490 e. The zero-order chi connectivity index (χ0) is 22.6. The zero-order valence-electron chi connectivity index (χ0n) is 17.4. The van der Waals surface area contributed by atoms with E-state index < -0.39 is 10.0 Å². The molecule has 1 heterocycles. The molecule has 0 radical (unpaired) electrons. The Kier molecular flexibility index (Phi) is 6.61. The molecule has 170 valence electrons. The maximum Gasteiger partial charge on any atom is 0.240 e. The summed E-state index contributed by atoms with van der Waals surface area (Å²) in [6, 6.07) is 11.3. The highest BCUT2D eigenvalue weighted by molar-refractivity contribution is 7.89. The molecule has 9 nitrogen and oxygen atoms in total. The third-order valence-corrected chi connectivity index (χ3v) is 6.49. The van der Waals surface area contributed by atoms with Gasteiger partial charge in [0.2, 0.25) is 21.8 Å². The van der Waals surface area contributed by atoms with Crippen molar-refractivity contribution in [3.63, 3.8) is 0 Å². The van der Waals surface area contributed by atoms with Crippen LogP contribution in [-0.2, 0) is 19.6 Å². The number of rotatable bonds is 8. The molecule has 2 amide bonds. The van der Waals surface area contributed by atoms with Crippen LogP contribution in [0.25, 0.3) is 0 Å². The normalized spacial score (nSPS) is 15.5. The summed E-state index contributed by atoms with van der Waals surface area (Å²) in [6.07, 6.45) is 2.48. The van der Waals surface area contributed by atoms with Crippen LogP contribution in [-0.4, -0.2) is 40.0 Å². The lowest BCUT2D eigenvalue weighted by Crippen LogP contribution is -2.28. The van der Waals surface area contributed by atoms with Crippen molar-refractivity contribution in [2.75, 3.05) is 30.4 Å². The summed E-state index contributed by atoms with van der Waals surface area (Å²) in [7, 11) is -3.81. The second kappa shape index (κ2) is 9.58. The second-order valence-electron chi connectivity index (χ2n) is 7.70. The van der Waals surface area contributed by atoms with Crippen LogP contribution in [0.5, 0.6) is 11.5 Å². The third-order valence-electron chi connectivity index (χ3n) is 5.04. The van der Waals surface area contributed by atoms with E-state index in [0.717, 1.165) is 19.3 Å². The maximum atomic E-state index is 12.6. The highest BCUT2D eigenvalue weighted by Crippen LogP contribution is 2.32. The number of fused-ring (bicyclic) bond motifs is 1. The van der Waals surface area contributed by atoms with Crippen LogP contribution in [0.15, 0.2) is 47.4 Å². The predicted molar refractivity (Wildman–Crippen MR) is 118 cm³/mol. The summed E-state index contributed by atoms with van der Waals surface area (Å²) in [6.45, 7) is 0.901. The number of hydrogen-bond donors (Lipinski definition) is 3. The first-order valence-electron chi connectivity index (χ1n) is 10.5. The van der Waals surface area contributed by atoms with Gasteiger partial charge in [0.1, 0.15) is 0 Å². The molecule has 0 spiro atoms. The van der Waals surface area contributed by atoms with E-state index in [1.807, 2.05) is 0 Å². The molecule has 0 saturated heterocycles. The van der Waals surface area contributed by atoms with Crippen LogP contribution in [0, 0.1) is 5.92 Å². The number of carbonyl (C=O) groups excluding carboxylic acids is 2. The van der Waals surface area contributed by atoms with Crippen molar-refractivity contribution in [2.45, 2.75) is 30.6 Å². The molecule has 0 aromatic heterocycles. The lowest BCUT2D eigenvalue weighted by atomic mass is 10.2. The summed E-state index contributed by atoms with van der Waals surface area (Å²) in [5.74, 6) is 0.614. The van der Waals surface area contributed by atoms with Gasteiger partial charge in [-0.2, -0.15) is 0 Å². The Labute approximate surface area is 186 Å². The Balaban J connectivity index is 1.29. The summed E-state index contributed by atoms with van der Waals surface area (Å²) in [5, 5.41) is 5.54. The molecule has 10 heteroatoms. The number of nitrogens with one attached hydrogen (secondary N) is 3. The zero-order valence-corrected chi connectivity index (χ0v) is 18.2. The number of carbonyl (C=O) groups is 2. The Morgan fingerprint density at radius 1 is 0.938 bits per heavy atom. The van der Waals surface area contributed by atoms with Crippen LogP contribution >= 0.6 is 0 Å². The van der Waals surface area contributed by atoms with Gasteiger partial charge in [-0.15, -0.1) is 0 Å². The molecule has 0 unspecified atom stereocenters. The highest BCUT2D eigenvalue weighted by Gasteiger charge is 2.29. The molecule has 2 aromatic rings. The maximum absolute atomic E-state index is 12.6. The van der Waals surface area contributed by atoms with Crippen molar-refractivity contribution in [2.24, 2.45) is 5.92 Å². The molecule has 32 heavy (non-hydrogen) atoms. The number of hydrogen-bond acceptors (Lipinski definition) is 6. The van der Waals surface area contributed by atoms with Gasteiger partial charge in [0.05, 0.1) is 18.1 Å². The van der Waals surface area contributed by atoms with Crippen molar-refractivity contribution < 1.29 is 27.5 Å². The van der Waals surface area contributed by atoms with Crippen LogP contribution in [0.3, 0.4) is 0 Å². The largest absolute Gasteiger partial charge is 0.490 e. The summed E-state index contributed by atoms with van der Waals surface area (Å²) >= 11 is 0. The standard InChI is InChI=1S/C22H25N3O6S/c26-21(24-16-3-1-4-17(13-16)25-22(27)15-5-6-15)9-10-23-32(28,29)18-7-8-19-20(14-18)31-12-2-11-30-19/h1,3-4,7-8,13-15,23H,2,5-6,9-12H2,(H,24,26)(H,25,27). The second-order valence-corrected chi connectivity index (χ2v) is 9.47. The third kappa shape index (κ3) is 5.77. The molecule has 2 aliphatic rings. The minimum atomic E-state index is -3.81. The molecule has 3 N–H and O–H groups in total. The van der Waals surface area contributed by atoms with E-state index in [9.17, 15) is 18.0 Å². The van der Waals surface area contributed by atoms with Gasteiger partial charge in [0.25, 0.3) is 0 Å². The first kappa shape index (κ1) is 22.1. The van der Waals surface area contributed by atoms with Gasteiger partial charge >= 0.3 is 0 Å². The smallest absolute Gasteiger partial charge is 0.240 e. The molecular weight excluding hydrogens is 434 g/mol. The van der Waals surface area contributed by atoms with Gasteiger partial charge < -0.3 is 20.1 Å². The first-order chi connectivity index (χ1) is 15.4. The topological polar surface area (TPSA) is 123 Å². The monoisotopic (exact) mass is 459 g/mol. The molecule has 0 bridgehead atoms. The summed E-state index contributed by atoms with van der Waals surface area (Å²) in [4.78, 5) is 24.2. The SMILES string of the molecule is O=C(CCNS(=O)(=O)c1ccc2c(c1)OCCCO2)Nc1cccc(NC(=O)C2CC2)c1. The molecule has 4 rings (SSSR count). The van der Waals surface area contributed by atoms with E-state index in [1.54, 1.807) is 30.3 Å². The van der Waals surface area contributed by atoms with Gasteiger partial charge in [-0.1, -0.05) is 6.07 Å². The Morgan fingerprint density at radius 2 is 1.66 bits per heavy atom. The number of anilines is 2. The van der Waals surface area contributed by atoms with Gasteiger partial charge in [-0.3, -0.25) is 9.59 Å². The predicted octanol–water partition coefficient (Wildman–Crippen LogP) is 2.50. The van der Waals surface area contributed by atoms with Gasteiger partial charge in [0, 0.05) is 42.7 Å². The van der Waals surface area contributed by atoms with Crippen molar-refractivity contribution in [3.05, 3.63) is 42.5 Å².